The molecule has 0 radical (unpaired) electrons. The number of hydrogen-bond donors (Lipinski definition) is 0. The van der Waals surface area contributed by atoms with Gasteiger partial charge in [0, 0.05) is 0 Å². The molecule has 0 aliphatic carbocycles. The van der Waals surface area contributed by atoms with Crippen LogP contribution in [-0.4, -0.2) is 0 Å². The van der Waals surface area contributed by atoms with Gasteiger partial charge < -0.3 is 0 Å². The highest BCUT2D eigenvalue weighted by Crippen LogP contribution is 2.26. The highest BCUT2D eigenvalue weighted by atomic mass is 14.2. The van der Waals surface area contributed by atoms with Crippen LogP contribution in [0.1, 0.15) is 31.9 Å². The largest absolute Gasteiger partial charge is 0.103 e. The SMILES string of the molecule is C=CCc1cccc(CC(=C)C(C)(C)C)c1. The Labute approximate surface area is 99.7 Å². The van der Waals surface area contributed by atoms with E-state index in [0.29, 0.717) is 0 Å². The van der Waals surface area contributed by atoms with Crippen molar-refractivity contribution in [1.29, 1.82) is 0 Å². The Bertz CT molecular complexity index is 377. The lowest BCUT2D eigenvalue weighted by atomic mass is 9.84. The van der Waals surface area contributed by atoms with Crippen molar-refractivity contribution in [3.63, 3.8) is 0 Å². The van der Waals surface area contributed by atoms with E-state index in [0.717, 1.165) is 12.8 Å². The molecule has 0 saturated heterocycles. The zero-order valence-electron chi connectivity index (χ0n) is 10.7. The predicted molar refractivity (Wildman–Crippen MR) is 72.6 cm³/mol. The molecule has 0 heteroatoms. The number of allylic oxidation sites excluding steroid dienone is 2. The number of benzene rings is 1. The van der Waals surface area contributed by atoms with Crippen molar-refractivity contribution >= 4 is 0 Å². The minimum absolute atomic E-state index is 0.189. The average Bonchev–Trinajstić information content (AvgIpc) is 2.17. The first-order chi connectivity index (χ1) is 7.43. The summed E-state index contributed by atoms with van der Waals surface area (Å²) in [5.41, 5.74) is 4.14. The van der Waals surface area contributed by atoms with Gasteiger partial charge in [0.05, 0.1) is 0 Å². The van der Waals surface area contributed by atoms with Crippen molar-refractivity contribution in [2.24, 2.45) is 5.41 Å². The Morgan fingerprint density at radius 1 is 1.25 bits per heavy atom. The monoisotopic (exact) mass is 214 g/mol. The highest BCUT2D eigenvalue weighted by Gasteiger charge is 2.14. The van der Waals surface area contributed by atoms with E-state index in [-0.39, 0.29) is 5.41 Å². The molecule has 0 fully saturated rings. The van der Waals surface area contributed by atoms with E-state index in [9.17, 15) is 0 Å². The zero-order valence-corrected chi connectivity index (χ0v) is 10.7. The molecule has 16 heavy (non-hydrogen) atoms. The summed E-state index contributed by atoms with van der Waals surface area (Å²) in [5.74, 6) is 0. The summed E-state index contributed by atoms with van der Waals surface area (Å²) in [6.45, 7) is 14.6. The standard InChI is InChI=1S/C16H22/c1-6-8-14-9-7-10-15(12-14)11-13(2)16(3,4)5/h6-7,9-10,12H,1-2,8,11H2,3-5H3. The fourth-order valence-corrected chi connectivity index (χ4v) is 1.54. The number of hydrogen-bond acceptors (Lipinski definition) is 0. The summed E-state index contributed by atoms with van der Waals surface area (Å²) in [7, 11) is 0. The van der Waals surface area contributed by atoms with Gasteiger partial charge in [-0.15, -0.1) is 6.58 Å². The van der Waals surface area contributed by atoms with Gasteiger partial charge >= 0.3 is 0 Å². The molecule has 0 aromatic heterocycles. The molecule has 0 saturated carbocycles. The van der Waals surface area contributed by atoms with E-state index >= 15 is 0 Å². The van der Waals surface area contributed by atoms with Gasteiger partial charge in [-0.25, -0.2) is 0 Å². The van der Waals surface area contributed by atoms with Crippen LogP contribution >= 0.6 is 0 Å². The van der Waals surface area contributed by atoms with Crippen molar-refractivity contribution in [2.45, 2.75) is 33.6 Å². The minimum atomic E-state index is 0.189. The molecule has 1 rings (SSSR count). The van der Waals surface area contributed by atoms with Gasteiger partial charge in [0.15, 0.2) is 0 Å². The Morgan fingerprint density at radius 2 is 1.88 bits per heavy atom. The van der Waals surface area contributed by atoms with Crippen LogP contribution < -0.4 is 0 Å². The van der Waals surface area contributed by atoms with Crippen LogP contribution in [0.5, 0.6) is 0 Å². The zero-order chi connectivity index (χ0) is 12.2. The topological polar surface area (TPSA) is 0 Å². The predicted octanol–water partition coefficient (Wildman–Crippen LogP) is 4.56. The molecule has 0 unspecified atom stereocenters. The van der Waals surface area contributed by atoms with E-state index in [1.165, 1.54) is 16.7 Å². The van der Waals surface area contributed by atoms with Crippen LogP contribution in [-0.2, 0) is 12.8 Å². The smallest absolute Gasteiger partial charge is 0.00645 e. The molecule has 0 nitrogen and oxygen atoms in total. The van der Waals surface area contributed by atoms with Crippen molar-refractivity contribution in [3.05, 3.63) is 60.2 Å². The van der Waals surface area contributed by atoms with Crippen LogP contribution in [0.25, 0.3) is 0 Å². The fourth-order valence-electron chi connectivity index (χ4n) is 1.54. The lowest BCUT2D eigenvalue weighted by molar-refractivity contribution is 0.494. The van der Waals surface area contributed by atoms with Crippen molar-refractivity contribution < 1.29 is 0 Å². The molecule has 0 heterocycles. The van der Waals surface area contributed by atoms with Gasteiger partial charge in [0.1, 0.15) is 0 Å². The van der Waals surface area contributed by atoms with Crippen molar-refractivity contribution in [2.75, 3.05) is 0 Å². The van der Waals surface area contributed by atoms with E-state index < -0.39 is 0 Å². The second-order valence-corrected chi connectivity index (χ2v) is 5.34. The highest BCUT2D eigenvalue weighted by molar-refractivity contribution is 5.29. The maximum atomic E-state index is 4.18. The molecular weight excluding hydrogens is 192 g/mol. The van der Waals surface area contributed by atoms with Gasteiger partial charge in [0.2, 0.25) is 0 Å². The van der Waals surface area contributed by atoms with Gasteiger partial charge in [-0.2, -0.15) is 0 Å². The molecule has 0 amide bonds. The molecule has 0 spiro atoms. The fraction of sp³-hybridized carbons (Fsp3) is 0.375. The van der Waals surface area contributed by atoms with Crippen molar-refractivity contribution in [1.82, 2.24) is 0 Å². The molecule has 1 aromatic carbocycles. The first-order valence-electron chi connectivity index (χ1n) is 5.80. The Hall–Kier alpha value is -1.30. The third-order valence-corrected chi connectivity index (χ3v) is 2.85. The van der Waals surface area contributed by atoms with E-state index in [4.69, 9.17) is 0 Å². The molecule has 0 aliphatic heterocycles. The molecule has 0 N–H and O–H groups in total. The van der Waals surface area contributed by atoms with Crippen LogP contribution in [0.3, 0.4) is 0 Å². The molecular formula is C16H22. The Morgan fingerprint density at radius 3 is 2.44 bits per heavy atom. The van der Waals surface area contributed by atoms with Gasteiger partial charge in [-0.1, -0.05) is 63.3 Å². The molecule has 86 valence electrons. The summed E-state index contributed by atoms with van der Waals surface area (Å²) in [5, 5.41) is 0. The molecule has 1 aromatic rings. The van der Waals surface area contributed by atoms with Crippen molar-refractivity contribution in [3.8, 4) is 0 Å². The third-order valence-electron chi connectivity index (χ3n) is 2.85. The van der Waals surface area contributed by atoms with Crippen LogP contribution in [0.2, 0.25) is 0 Å². The number of rotatable bonds is 4. The van der Waals surface area contributed by atoms with Gasteiger partial charge in [0.25, 0.3) is 0 Å². The first kappa shape index (κ1) is 12.8. The first-order valence-corrected chi connectivity index (χ1v) is 5.80. The van der Waals surface area contributed by atoms with Gasteiger partial charge in [-0.05, 0) is 29.4 Å². The molecule has 0 aliphatic rings. The van der Waals surface area contributed by atoms with E-state index in [1.54, 1.807) is 0 Å². The summed E-state index contributed by atoms with van der Waals surface area (Å²) in [4.78, 5) is 0. The molecule has 0 atom stereocenters. The minimum Gasteiger partial charge on any atom is -0.103 e. The summed E-state index contributed by atoms with van der Waals surface area (Å²) in [6, 6.07) is 8.68. The molecule has 0 bridgehead atoms. The second kappa shape index (κ2) is 5.16. The Balaban J connectivity index is 2.78. The Kier molecular flexibility index (Phi) is 4.12. The van der Waals surface area contributed by atoms with Crippen LogP contribution in [0.4, 0.5) is 0 Å². The lowest BCUT2D eigenvalue weighted by Gasteiger charge is -2.22. The second-order valence-electron chi connectivity index (χ2n) is 5.34. The van der Waals surface area contributed by atoms with Crippen LogP contribution in [0.15, 0.2) is 49.1 Å². The summed E-state index contributed by atoms with van der Waals surface area (Å²) < 4.78 is 0. The quantitative estimate of drug-likeness (QED) is 0.644. The van der Waals surface area contributed by atoms with Gasteiger partial charge in [-0.3, -0.25) is 0 Å². The van der Waals surface area contributed by atoms with E-state index in [1.807, 2.05) is 6.08 Å². The maximum Gasteiger partial charge on any atom is -0.00645 e. The average molecular weight is 214 g/mol. The normalized spacial score (nSPS) is 11.2. The van der Waals surface area contributed by atoms with E-state index in [2.05, 4.69) is 58.2 Å². The summed E-state index contributed by atoms with van der Waals surface area (Å²) >= 11 is 0. The maximum absolute atomic E-state index is 4.18. The van der Waals surface area contributed by atoms with Crippen LogP contribution in [0, 0.1) is 5.41 Å². The summed E-state index contributed by atoms with van der Waals surface area (Å²) in [6.07, 6.45) is 3.85. The third kappa shape index (κ3) is 3.69. The lowest BCUT2D eigenvalue weighted by Crippen LogP contribution is -2.10.